The van der Waals surface area contributed by atoms with E-state index in [4.69, 9.17) is 5.26 Å². The van der Waals surface area contributed by atoms with Crippen LogP contribution in [-0.4, -0.2) is 5.78 Å². The first-order valence-electron chi connectivity index (χ1n) is 4.37. The van der Waals surface area contributed by atoms with Crippen molar-refractivity contribution in [1.29, 1.82) is 5.26 Å². The summed E-state index contributed by atoms with van der Waals surface area (Å²) in [7, 11) is 0. The van der Waals surface area contributed by atoms with Gasteiger partial charge in [0.25, 0.3) is 0 Å². The molecule has 0 fully saturated rings. The largest absolute Gasteiger partial charge is 0.300 e. The number of carbonyl (C=O) groups is 1. The van der Waals surface area contributed by atoms with Crippen LogP contribution in [0.1, 0.15) is 39.0 Å². The van der Waals surface area contributed by atoms with E-state index in [0.29, 0.717) is 12.8 Å². The molecule has 0 saturated heterocycles. The van der Waals surface area contributed by atoms with Crippen molar-refractivity contribution in [2.45, 2.75) is 39.0 Å². The van der Waals surface area contributed by atoms with Crippen LogP contribution in [0.4, 0.5) is 0 Å². The van der Waals surface area contributed by atoms with Crippen molar-refractivity contribution in [3.8, 4) is 6.07 Å². The van der Waals surface area contributed by atoms with E-state index in [2.05, 4.69) is 22.0 Å². The topological polar surface area (TPSA) is 40.9 Å². The second kappa shape index (κ2) is 8.00. The highest BCUT2D eigenvalue weighted by Gasteiger charge is 1.94. The zero-order chi connectivity index (χ0) is 10.1. The maximum atomic E-state index is 10.6. The van der Waals surface area contributed by atoms with E-state index in [0.717, 1.165) is 23.7 Å². The predicted molar refractivity (Wildman–Crippen MR) is 56.4 cm³/mol. The lowest BCUT2D eigenvalue weighted by molar-refractivity contribution is -0.116. The summed E-state index contributed by atoms with van der Waals surface area (Å²) in [5.74, 6) is 0.216. The number of ketones is 1. The molecule has 0 bridgehead atoms. The Morgan fingerprint density at radius 2 is 2.23 bits per heavy atom. The lowest BCUT2D eigenvalue weighted by Crippen LogP contribution is -1.87. The first kappa shape index (κ1) is 12.4. The van der Waals surface area contributed by atoms with Gasteiger partial charge in [-0.15, -0.1) is 0 Å². The minimum Gasteiger partial charge on any atom is -0.300 e. The smallest absolute Gasteiger partial charge is 0.130 e. The molecule has 3 heteroatoms. The van der Waals surface area contributed by atoms with Crippen LogP contribution in [0.15, 0.2) is 10.6 Å². The van der Waals surface area contributed by atoms with Crippen molar-refractivity contribution in [2.75, 3.05) is 0 Å². The summed E-state index contributed by atoms with van der Waals surface area (Å²) in [6.45, 7) is 1.59. The molecule has 0 amide bonds. The van der Waals surface area contributed by atoms with Crippen LogP contribution in [0, 0.1) is 11.3 Å². The van der Waals surface area contributed by atoms with Gasteiger partial charge < -0.3 is 4.79 Å². The molecule has 0 aliphatic heterocycles. The number of hydrogen-bond donors (Lipinski definition) is 0. The molecule has 0 aliphatic carbocycles. The minimum atomic E-state index is 0.216. The zero-order valence-electron chi connectivity index (χ0n) is 7.85. The fourth-order valence-corrected chi connectivity index (χ4v) is 1.38. The molecule has 0 heterocycles. The molecular formula is C10H14BrNO. The van der Waals surface area contributed by atoms with E-state index in [-0.39, 0.29) is 5.78 Å². The molecule has 0 rings (SSSR count). The third-order valence-corrected chi connectivity index (χ3v) is 2.29. The lowest BCUT2D eigenvalue weighted by atomic mass is 10.2. The number of Topliss-reactive ketones (excluding diaryl/α,β-unsaturated/α-hetero) is 1. The average molecular weight is 244 g/mol. The van der Waals surface area contributed by atoms with E-state index in [1.54, 1.807) is 6.92 Å². The first-order valence-corrected chi connectivity index (χ1v) is 5.17. The van der Waals surface area contributed by atoms with E-state index >= 15 is 0 Å². The standard InChI is InChI=1S/C10H14BrNO/c1-9(13)5-4-7-10(11)6-2-3-8-12/h7H,2-6H2,1H3/b10-7-. The Morgan fingerprint density at radius 1 is 1.54 bits per heavy atom. The van der Waals surface area contributed by atoms with E-state index in [1.807, 2.05) is 6.08 Å². The van der Waals surface area contributed by atoms with Gasteiger partial charge in [0.15, 0.2) is 0 Å². The fourth-order valence-electron chi connectivity index (χ4n) is 0.870. The second-order valence-electron chi connectivity index (χ2n) is 2.90. The van der Waals surface area contributed by atoms with Crippen molar-refractivity contribution >= 4 is 21.7 Å². The fraction of sp³-hybridized carbons (Fsp3) is 0.600. The van der Waals surface area contributed by atoms with Gasteiger partial charge in [0, 0.05) is 12.8 Å². The van der Waals surface area contributed by atoms with Gasteiger partial charge in [-0.25, -0.2) is 0 Å². The summed E-state index contributed by atoms with van der Waals surface area (Å²) in [5, 5.41) is 8.30. The van der Waals surface area contributed by atoms with Crippen molar-refractivity contribution in [1.82, 2.24) is 0 Å². The number of carbonyl (C=O) groups excluding carboxylic acids is 1. The molecular weight excluding hydrogens is 230 g/mol. The van der Waals surface area contributed by atoms with Crippen molar-refractivity contribution < 1.29 is 4.79 Å². The molecule has 72 valence electrons. The Kier molecular flexibility index (Phi) is 7.62. The van der Waals surface area contributed by atoms with Gasteiger partial charge in [0.05, 0.1) is 6.07 Å². The predicted octanol–water partition coefficient (Wildman–Crippen LogP) is 3.33. The molecule has 2 nitrogen and oxygen atoms in total. The van der Waals surface area contributed by atoms with Crippen LogP contribution in [0.2, 0.25) is 0 Å². The van der Waals surface area contributed by atoms with Crippen LogP contribution < -0.4 is 0 Å². The number of allylic oxidation sites excluding steroid dienone is 2. The number of halogens is 1. The van der Waals surface area contributed by atoms with Crippen LogP contribution in [0.3, 0.4) is 0 Å². The van der Waals surface area contributed by atoms with Gasteiger partial charge in [-0.1, -0.05) is 22.0 Å². The third-order valence-electron chi connectivity index (χ3n) is 1.57. The summed E-state index contributed by atoms with van der Waals surface area (Å²) in [6.07, 6.45) is 5.78. The van der Waals surface area contributed by atoms with E-state index in [1.165, 1.54) is 0 Å². The molecule has 0 unspecified atom stereocenters. The highest BCUT2D eigenvalue weighted by molar-refractivity contribution is 9.11. The Bertz CT molecular complexity index is 228. The third kappa shape index (κ3) is 9.29. The molecule has 0 aromatic rings. The molecule has 0 aromatic carbocycles. The average Bonchev–Trinajstić information content (AvgIpc) is 2.04. The van der Waals surface area contributed by atoms with E-state index < -0.39 is 0 Å². The summed E-state index contributed by atoms with van der Waals surface area (Å²) in [4.78, 5) is 10.6. The van der Waals surface area contributed by atoms with Crippen LogP contribution in [0.5, 0.6) is 0 Å². The molecule has 0 atom stereocenters. The SMILES string of the molecule is CC(=O)CC/C=C(\Br)CCCC#N. The van der Waals surface area contributed by atoms with Gasteiger partial charge in [-0.05, 0) is 30.7 Å². The highest BCUT2D eigenvalue weighted by Crippen LogP contribution is 2.15. The van der Waals surface area contributed by atoms with Crippen molar-refractivity contribution in [2.24, 2.45) is 0 Å². The Balaban J connectivity index is 3.52. The summed E-state index contributed by atoms with van der Waals surface area (Å²) in [5.41, 5.74) is 0. The summed E-state index contributed by atoms with van der Waals surface area (Å²) < 4.78 is 1.10. The Hall–Kier alpha value is -0.620. The van der Waals surface area contributed by atoms with Crippen LogP contribution in [0.25, 0.3) is 0 Å². The number of nitriles is 1. The lowest BCUT2D eigenvalue weighted by Gasteiger charge is -1.95. The maximum absolute atomic E-state index is 10.6. The summed E-state index contributed by atoms with van der Waals surface area (Å²) >= 11 is 3.40. The molecule has 13 heavy (non-hydrogen) atoms. The number of hydrogen-bond acceptors (Lipinski definition) is 2. The highest BCUT2D eigenvalue weighted by atomic mass is 79.9. The minimum absolute atomic E-state index is 0.216. The summed E-state index contributed by atoms with van der Waals surface area (Å²) in [6, 6.07) is 2.10. The van der Waals surface area contributed by atoms with Gasteiger partial charge in [-0.3, -0.25) is 0 Å². The van der Waals surface area contributed by atoms with Crippen LogP contribution >= 0.6 is 15.9 Å². The Morgan fingerprint density at radius 3 is 2.77 bits per heavy atom. The molecule has 0 radical (unpaired) electrons. The molecule has 0 aromatic heterocycles. The molecule has 0 spiro atoms. The van der Waals surface area contributed by atoms with Crippen molar-refractivity contribution in [3.05, 3.63) is 10.6 Å². The Labute approximate surface area is 87.8 Å². The van der Waals surface area contributed by atoms with Gasteiger partial charge in [-0.2, -0.15) is 5.26 Å². The monoisotopic (exact) mass is 243 g/mol. The van der Waals surface area contributed by atoms with Crippen molar-refractivity contribution in [3.63, 3.8) is 0 Å². The van der Waals surface area contributed by atoms with Crippen LogP contribution in [-0.2, 0) is 4.79 Å². The number of nitrogens with zero attached hydrogens (tertiary/aromatic N) is 1. The molecule has 0 N–H and O–H groups in total. The van der Waals surface area contributed by atoms with E-state index in [9.17, 15) is 4.79 Å². The normalized spacial score (nSPS) is 11.0. The van der Waals surface area contributed by atoms with Gasteiger partial charge in [0.2, 0.25) is 0 Å². The maximum Gasteiger partial charge on any atom is 0.130 e. The molecule has 0 saturated carbocycles. The molecule has 0 aliphatic rings. The number of rotatable bonds is 6. The first-order chi connectivity index (χ1) is 6.16. The second-order valence-corrected chi connectivity index (χ2v) is 3.92. The number of unbranched alkanes of at least 4 members (excludes halogenated alkanes) is 1. The van der Waals surface area contributed by atoms with Gasteiger partial charge >= 0.3 is 0 Å². The van der Waals surface area contributed by atoms with Gasteiger partial charge in [0.1, 0.15) is 5.78 Å². The quantitative estimate of drug-likeness (QED) is 0.672. The zero-order valence-corrected chi connectivity index (χ0v) is 9.43.